The van der Waals surface area contributed by atoms with Gasteiger partial charge in [0.05, 0.1) is 28.9 Å². The summed E-state index contributed by atoms with van der Waals surface area (Å²) >= 11 is 0.918. The molecule has 0 N–H and O–H groups in total. The van der Waals surface area contributed by atoms with Gasteiger partial charge in [0, 0.05) is 5.56 Å². The van der Waals surface area contributed by atoms with E-state index < -0.39 is 28.8 Å². The molecule has 0 bridgehead atoms. The fraction of sp³-hybridized carbons (Fsp3) is 0.171. The number of nitrogens with zero attached hydrogens (tertiary/aromatic N) is 3. The molecule has 224 valence electrons. The van der Waals surface area contributed by atoms with E-state index in [9.17, 15) is 14.4 Å². The molecule has 9 nitrogen and oxygen atoms in total. The third-order valence-electron chi connectivity index (χ3n) is 8.36. The highest BCUT2D eigenvalue weighted by atomic mass is 32.1. The second-order valence-corrected chi connectivity index (χ2v) is 12.1. The van der Waals surface area contributed by atoms with Crippen LogP contribution in [0.25, 0.3) is 11.0 Å². The molecule has 0 radical (unpaired) electrons. The Morgan fingerprint density at radius 2 is 1.80 bits per heavy atom. The maximum absolute atomic E-state index is 15.1. The van der Waals surface area contributed by atoms with Crippen LogP contribution in [0.5, 0.6) is 0 Å². The number of para-hydroxylation sites is 1. The number of anilines is 2. The summed E-state index contributed by atoms with van der Waals surface area (Å²) in [5, 5.41) is 0.324. The van der Waals surface area contributed by atoms with Crippen molar-refractivity contribution in [3.63, 3.8) is 0 Å². The van der Waals surface area contributed by atoms with E-state index in [2.05, 4.69) is 11.6 Å². The highest BCUT2D eigenvalue weighted by Crippen LogP contribution is 2.55. The van der Waals surface area contributed by atoms with Crippen molar-refractivity contribution in [2.75, 3.05) is 16.4 Å². The van der Waals surface area contributed by atoms with Crippen molar-refractivity contribution in [3.05, 3.63) is 134 Å². The van der Waals surface area contributed by atoms with Crippen molar-refractivity contribution in [2.45, 2.75) is 32.9 Å². The standard InChI is InChI=1S/C35H27N3O6S/c1-5-16-43-32(41)30-21(4)36-34(45-30)38-31(40)29-27(28(39)23-17-19(2)14-15-26(23)44-29)35(38)24-12-8-9-13-25(24)37(33(35)42)18-22-11-7-6-10-20(22)3/h5-15,17H,1,16,18H2,2-4H3. The van der Waals surface area contributed by atoms with Crippen LogP contribution in [-0.2, 0) is 21.6 Å². The van der Waals surface area contributed by atoms with Crippen molar-refractivity contribution in [1.82, 2.24) is 4.98 Å². The van der Waals surface area contributed by atoms with E-state index in [0.717, 1.165) is 28.0 Å². The van der Waals surface area contributed by atoms with Gasteiger partial charge in [-0.15, -0.1) is 0 Å². The van der Waals surface area contributed by atoms with E-state index in [1.165, 1.54) is 11.0 Å². The lowest BCUT2D eigenvalue weighted by Gasteiger charge is -2.32. The number of aromatic nitrogens is 1. The van der Waals surface area contributed by atoms with E-state index in [0.29, 0.717) is 16.9 Å². The van der Waals surface area contributed by atoms with Crippen LogP contribution in [-0.4, -0.2) is 29.4 Å². The Kier molecular flexibility index (Phi) is 6.56. The molecule has 0 aliphatic carbocycles. The van der Waals surface area contributed by atoms with Gasteiger partial charge in [-0.25, -0.2) is 9.78 Å². The zero-order chi connectivity index (χ0) is 31.6. The Bertz CT molecular complexity index is 2160. The van der Waals surface area contributed by atoms with E-state index in [-0.39, 0.29) is 45.5 Å². The summed E-state index contributed by atoms with van der Waals surface area (Å²) in [5.74, 6) is -2.07. The number of aryl methyl sites for hydroxylation is 3. The summed E-state index contributed by atoms with van der Waals surface area (Å²) in [6.07, 6.45) is 1.45. The lowest BCUT2D eigenvalue weighted by Crippen LogP contribution is -2.53. The average Bonchev–Trinajstić information content (AvgIpc) is 3.62. The van der Waals surface area contributed by atoms with Crippen LogP contribution in [0.3, 0.4) is 0 Å². The summed E-state index contributed by atoms with van der Waals surface area (Å²) in [4.78, 5) is 64.7. The minimum absolute atomic E-state index is 0.00627. The number of carbonyl (C=O) groups is 3. The number of ether oxygens (including phenoxy) is 1. The molecule has 2 aliphatic heterocycles. The minimum atomic E-state index is -1.93. The predicted molar refractivity (Wildman–Crippen MR) is 171 cm³/mol. The van der Waals surface area contributed by atoms with E-state index in [1.807, 2.05) is 44.2 Å². The molecule has 0 fully saturated rings. The maximum Gasteiger partial charge on any atom is 0.350 e. The van der Waals surface area contributed by atoms with Crippen LogP contribution < -0.4 is 15.2 Å². The Balaban J connectivity index is 1.53. The second kappa shape index (κ2) is 10.4. The van der Waals surface area contributed by atoms with Crippen LogP contribution in [0.15, 0.2) is 88.6 Å². The first kappa shape index (κ1) is 28.4. The second-order valence-electron chi connectivity index (χ2n) is 11.1. The lowest BCUT2D eigenvalue weighted by molar-refractivity contribution is -0.121. The smallest absolute Gasteiger partial charge is 0.350 e. The molecule has 10 heteroatoms. The van der Waals surface area contributed by atoms with Gasteiger partial charge in [-0.05, 0) is 50.1 Å². The van der Waals surface area contributed by atoms with Gasteiger partial charge in [-0.1, -0.05) is 78.1 Å². The summed E-state index contributed by atoms with van der Waals surface area (Å²) in [6, 6.07) is 20.0. The van der Waals surface area contributed by atoms with Crippen LogP contribution in [0, 0.1) is 20.8 Å². The quantitative estimate of drug-likeness (QED) is 0.171. The van der Waals surface area contributed by atoms with Crippen molar-refractivity contribution in [2.24, 2.45) is 0 Å². The number of esters is 1. The molecule has 7 rings (SSSR count). The lowest BCUT2D eigenvalue weighted by atomic mass is 9.84. The minimum Gasteiger partial charge on any atom is -0.457 e. The maximum atomic E-state index is 15.1. The van der Waals surface area contributed by atoms with Gasteiger partial charge in [-0.3, -0.25) is 19.3 Å². The summed E-state index contributed by atoms with van der Waals surface area (Å²) in [5.41, 5.74) is 1.78. The molecule has 5 aromatic rings. The fourth-order valence-corrected chi connectivity index (χ4v) is 7.27. The van der Waals surface area contributed by atoms with Crippen molar-refractivity contribution in [3.8, 4) is 0 Å². The normalized spacial score (nSPS) is 16.9. The number of amides is 2. The number of hydrogen-bond donors (Lipinski definition) is 0. The van der Waals surface area contributed by atoms with Gasteiger partial charge in [0.1, 0.15) is 17.1 Å². The molecule has 2 aliphatic rings. The molecule has 1 spiro atoms. The van der Waals surface area contributed by atoms with Crippen molar-refractivity contribution in [1.29, 1.82) is 0 Å². The summed E-state index contributed by atoms with van der Waals surface area (Å²) in [6.45, 7) is 9.22. The van der Waals surface area contributed by atoms with Gasteiger partial charge in [0.25, 0.3) is 11.8 Å². The summed E-state index contributed by atoms with van der Waals surface area (Å²) in [7, 11) is 0. The number of rotatable bonds is 6. The van der Waals surface area contributed by atoms with Crippen molar-refractivity contribution >= 4 is 50.9 Å². The van der Waals surface area contributed by atoms with Crippen LogP contribution in [0.1, 0.15) is 53.7 Å². The first-order valence-corrected chi connectivity index (χ1v) is 15.1. The van der Waals surface area contributed by atoms with E-state index >= 15 is 4.79 Å². The Morgan fingerprint density at radius 1 is 1.04 bits per heavy atom. The average molecular weight is 618 g/mol. The zero-order valence-corrected chi connectivity index (χ0v) is 25.6. The molecular formula is C35H27N3O6S. The molecule has 1 unspecified atom stereocenters. The number of carbonyl (C=O) groups excluding carboxylic acids is 3. The Hall–Kier alpha value is -5.35. The number of benzene rings is 3. The van der Waals surface area contributed by atoms with Gasteiger partial charge in [0.15, 0.2) is 16.1 Å². The molecule has 2 aromatic heterocycles. The monoisotopic (exact) mass is 617 g/mol. The molecule has 3 aromatic carbocycles. The molecule has 0 saturated carbocycles. The van der Waals surface area contributed by atoms with Gasteiger partial charge < -0.3 is 14.1 Å². The molecular weight excluding hydrogens is 590 g/mol. The topological polar surface area (TPSA) is 110 Å². The van der Waals surface area contributed by atoms with Crippen molar-refractivity contribution < 1.29 is 23.5 Å². The Morgan fingerprint density at radius 3 is 2.58 bits per heavy atom. The molecule has 0 saturated heterocycles. The largest absolute Gasteiger partial charge is 0.457 e. The highest BCUT2D eigenvalue weighted by molar-refractivity contribution is 7.17. The van der Waals surface area contributed by atoms with Crippen LogP contribution in [0.2, 0.25) is 0 Å². The first-order valence-electron chi connectivity index (χ1n) is 14.3. The van der Waals surface area contributed by atoms with E-state index in [4.69, 9.17) is 9.15 Å². The summed E-state index contributed by atoms with van der Waals surface area (Å²) < 4.78 is 11.4. The third-order valence-corrected chi connectivity index (χ3v) is 9.49. The SMILES string of the molecule is C=CCOC(=O)c1sc(N2C(=O)c3oc4ccc(C)cc4c(=O)c3C23C(=O)N(Cc2ccccc2C)c2ccccc23)nc1C. The number of fused-ring (bicyclic) bond motifs is 5. The zero-order valence-electron chi connectivity index (χ0n) is 24.7. The molecule has 4 heterocycles. The van der Waals surface area contributed by atoms with Gasteiger partial charge >= 0.3 is 5.97 Å². The third kappa shape index (κ3) is 4.02. The van der Waals surface area contributed by atoms with Crippen LogP contribution >= 0.6 is 11.3 Å². The Labute approximate surface area is 262 Å². The van der Waals surface area contributed by atoms with Crippen LogP contribution in [0.4, 0.5) is 10.8 Å². The predicted octanol–water partition coefficient (Wildman–Crippen LogP) is 5.97. The molecule has 45 heavy (non-hydrogen) atoms. The van der Waals surface area contributed by atoms with Gasteiger partial charge in [0.2, 0.25) is 5.76 Å². The number of thiazole rings is 1. The highest BCUT2D eigenvalue weighted by Gasteiger charge is 2.66. The molecule has 1 atom stereocenters. The fourth-order valence-electron chi connectivity index (χ4n) is 6.26. The van der Waals surface area contributed by atoms with E-state index in [1.54, 1.807) is 48.2 Å². The first-order chi connectivity index (χ1) is 21.7. The molecule has 2 amide bonds. The van der Waals surface area contributed by atoms with Gasteiger partial charge in [-0.2, -0.15) is 0 Å². The number of hydrogen-bond acceptors (Lipinski definition) is 8.